The summed E-state index contributed by atoms with van der Waals surface area (Å²) in [6.45, 7) is 4.57. The number of aromatic nitrogens is 1. The van der Waals surface area contributed by atoms with Crippen molar-refractivity contribution >= 4 is 11.6 Å². The summed E-state index contributed by atoms with van der Waals surface area (Å²) in [7, 11) is 0. The third-order valence-corrected chi connectivity index (χ3v) is 3.69. The fourth-order valence-corrected chi connectivity index (χ4v) is 2.42. The van der Waals surface area contributed by atoms with Crippen molar-refractivity contribution in [1.29, 1.82) is 0 Å². The second-order valence-electron chi connectivity index (χ2n) is 5.73. The van der Waals surface area contributed by atoms with E-state index in [0.29, 0.717) is 18.1 Å². The summed E-state index contributed by atoms with van der Waals surface area (Å²) in [5, 5.41) is 6.82. The average Bonchev–Trinajstić information content (AvgIpc) is 3.06. The second-order valence-corrected chi connectivity index (χ2v) is 5.73. The Hall–Kier alpha value is -3.08. The lowest BCUT2D eigenvalue weighted by Gasteiger charge is -2.06. The predicted molar refractivity (Wildman–Crippen MR) is 96.6 cm³/mol. The van der Waals surface area contributed by atoms with E-state index in [1.807, 2.05) is 62.4 Å². The molecule has 0 unspecified atom stereocenters. The van der Waals surface area contributed by atoms with Gasteiger partial charge in [0.05, 0.1) is 18.7 Å². The highest BCUT2D eigenvalue weighted by Crippen LogP contribution is 2.21. The highest BCUT2D eigenvalue weighted by Gasteiger charge is 2.11. The summed E-state index contributed by atoms with van der Waals surface area (Å²) < 4.78 is 10.7. The molecule has 1 N–H and O–H groups in total. The second kappa shape index (κ2) is 7.66. The van der Waals surface area contributed by atoms with E-state index in [9.17, 15) is 4.79 Å². The Morgan fingerprint density at radius 2 is 1.84 bits per heavy atom. The Morgan fingerprint density at radius 3 is 2.52 bits per heavy atom. The Labute approximate surface area is 146 Å². The fourth-order valence-electron chi connectivity index (χ4n) is 2.42. The van der Waals surface area contributed by atoms with E-state index >= 15 is 0 Å². The maximum atomic E-state index is 12.2. The molecule has 128 valence electrons. The van der Waals surface area contributed by atoms with Crippen LogP contribution in [0, 0.1) is 6.92 Å². The number of hydrogen-bond acceptors (Lipinski definition) is 4. The molecule has 1 amide bonds. The molecular formula is C20H20N2O3. The Balaban J connectivity index is 1.60. The molecule has 0 spiro atoms. The fraction of sp³-hybridized carbons (Fsp3) is 0.200. The van der Waals surface area contributed by atoms with Crippen molar-refractivity contribution in [3.63, 3.8) is 0 Å². The molecule has 2 aromatic carbocycles. The van der Waals surface area contributed by atoms with E-state index < -0.39 is 0 Å². The molecule has 0 fully saturated rings. The molecular weight excluding hydrogens is 316 g/mol. The quantitative estimate of drug-likeness (QED) is 0.731. The van der Waals surface area contributed by atoms with Crippen molar-refractivity contribution in [2.24, 2.45) is 0 Å². The van der Waals surface area contributed by atoms with Gasteiger partial charge in [0.2, 0.25) is 5.91 Å². The van der Waals surface area contributed by atoms with E-state index in [0.717, 1.165) is 17.0 Å². The predicted octanol–water partition coefficient (Wildman–Crippen LogP) is 4.23. The molecule has 0 saturated carbocycles. The van der Waals surface area contributed by atoms with Gasteiger partial charge in [-0.15, -0.1) is 0 Å². The van der Waals surface area contributed by atoms with E-state index in [2.05, 4.69) is 10.5 Å². The van der Waals surface area contributed by atoms with Crippen LogP contribution in [-0.4, -0.2) is 17.7 Å². The number of carbonyl (C=O) groups excluding carboxylic acids is 1. The first kappa shape index (κ1) is 16.8. The maximum absolute atomic E-state index is 12.2. The van der Waals surface area contributed by atoms with Crippen LogP contribution in [0.2, 0.25) is 0 Å². The van der Waals surface area contributed by atoms with Crippen LogP contribution < -0.4 is 10.1 Å². The molecule has 25 heavy (non-hydrogen) atoms. The van der Waals surface area contributed by atoms with Crippen LogP contribution in [0.5, 0.6) is 5.75 Å². The lowest BCUT2D eigenvalue weighted by Crippen LogP contribution is -2.14. The number of hydrogen-bond donors (Lipinski definition) is 1. The molecule has 0 bridgehead atoms. The summed E-state index contributed by atoms with van der Waals surface area (Å²) in [4.78, 5) is 12.2. The van der Waals surface area contributed by atoms with Gasteiger partial charge in [0.15, 0.2) is 5.76 Å². The van der Waals surface area contributed by atoms with Gasteiger partial charge in [0.1, 0.15) is 5.75 Å². The van der Waals surface area contributed by atoms with Crippen LogP contribution in [0.25, 0.3) is 11.3 Å². The van der Waals surface area contributed by atoms with E-state index in [1.54, 1.807) is 6.07 Å². The van der Waals surface area contributed by atoms with E-state index in [-0.39, 0.29) is 12.3 Å². The van der Waals surface area contributed by atoms with Gasteiger partial charge < -0.3 is 14.6 Å². The summed E-state index contributed by atoms with van der Waals surface area (Å²) in [6.07, 6.45) is 0.155. The summed E-state index contributed by atoms with van der Waals surface area (Å²) >= 11 is 0. The first-order valence-corrected chi connectivity index (χ1v) is 8.19. The van der Waals surface area contributed by atoms with Crippen molar-refractivity contribution in [3.05, 3.63) is 65.9 Å². The van der Waals surface area contributed by atoms with Crippen molar-refractivity contribution in [1.82, 2.24) is 5.16 Å². The lowest BCUT2D eigenvalue weighted by molar-refractivity contribution is -0.115. The van der Waals surface area contributed by atoms with Gasteiger partial charge in [-0.3, -0.25) is 4.79 Å². The van der Waals surface area contributed by atoms with E-state index in [1.165, 1.54) is 5.56 Å². The molecule has 0 atom stereocenters. The highest BCUT2D eigenvalue weighted by molar-refractivity contribution is 5.92. The Bertz CT molecular complexity index is 836. The van der Waals surface area contributed by atoms with Crippen molar-refractivity contribution in [3.8, 4) is 17.1 Å². The molecule has 3 rings (SSSR count). The number of nitrogens with one attached hydrogen (secondary N) is 1. The standard InChI is InChI=1S/C20H20N2O3/c1-3-24-18-10-8-16(9-11-18)21-20(23)13-17-12-19(25-22-17)15-6-4-14(2)5-7-15/h4-12H,3,13H2,1-2H3,(H,21,23). The Morgan fingerprint density at radius 1 is 1.12 bits per heavy atom. The van der Waals surface area contributed by atoms with Gasteiger partial charge in [0, 0.05) is 17.3 Å². The molecule has 1 aromatic heterocycles. The molecule has 0 aliphatic rings. The number of nitrogens with zero attached hydrogens (tertiary/aromatic N) is 1. The molecule has 0 aliphatic heterocycles. The summed E-state index contributed by atoms with van der Waals surface area (Å²) in [5.41, 5.74) is 3.43. The molecule has 5 heteroatoms. The van der Waals surface area contributed by atoms with Gasteiger partial charge >= 0.3 is 0 Å². The molecule has 3 aromatic rings. The molecule has 0 radical (unpaired) electrons. The SMILES string of the molecule is CCOc1ccc(NC(=O)Cc2cc(-c3ccc(C)cc3)on2)cc1. The number of ether oxygens (including phenoxy) is 1. The Kier molecular flexibility index (Phi) is 5.14. The number of carbonyl (C=O) groups is 1. The number of aryl methyl sites for hydroxylation is 1. The lowest BCUT2D eigenvalue weighted by atomic mass is 10.1. The van der Waals surface area contributed by atoms with Crippen LogP contribution in [0.4, 0.5) is 5.69 Å². The third-order valence-electron chi connectivity index (χ3n) is 3.69. The molecule has 0 aliphatic carbocycles. The zero-order valence-electron chi connectivity index (χ0n) is 14.3. The minimum atomic E-state index is -0.145. The molecule has 1 heterocycles. The van der Waals surface area contributed by atoms with Crippen molar-refractivity contribution < 1.29 is 14.1 Å². The number of rotatable bonds is 6. The van der Waals surface area contributed by atoms with Crippen LogP contribution in [0.3, 0.4) is 0 Å². The smallest absolute Gasteiger partial charge is 0.230 e. The highest BCUT2D eigenvalue weighted by atomic mass is 16.5. The van der Waals surface area contributed by atoms with Gasteiger partial charge in [0.25, 0.3) is 0 Å². The monoisotopic (exact) mass is 336 g/mol. The minimum Gasteiger partial charge on any atom is -0.494 e. The first-order valence-electron chi connectivity index (χ1n) is 8.19. The largest absolute Gasteiger partial charge is 0.494 e. The minimum absolute atomic E-state index is 0.145. The van der Waals surface area contributed by atoms with Crippen molar-refractivity contribution in [2.45, 2.75) is 20.3 Å². The topological polar surface area (TPSA) is 64.4 Å². The van der Waals surface area contributed by atoms with Gasteiger partial charge in [-0.2, -0.15) is 0 Å². The zero-order chi connectivity index (χ0) is 17.6. The zero-order valence-corrected chi connectivity index (χ0v) is 14.3. The first-order chi connectivity index (χ1) is 12.1. The van der Waals surface area contributed by atoms with Gasteiger partial charge in [-0.25, -0.2) is 0 Å². The van der Waals surface area contributed by atoms with Gasteiger partial charge in [-0.1, -0.05) is 35.0 Å². The van der Waals surface area contributed by atoms with Crippen LogP contribution in [0.1, 0.15) is 18.2 Å². The molecule has 5 nitrogen and oxygen atoms in total. The number of amides is 1. The molecule has 0 saturated heterocycles. The average molecular weight is 336 g/mol. The van der Waals surface area contributed by atoms with E-state index in [4.69, 9.17) is 9.26 Å². The third kappa shape index (κ3) is 4.47. The van der Waals surface area contributed by atoms with Crippen molar-refractivity contribution in [2.75, 3.05) is 11.9 Å². The summed E-state index contributed by atoms with van der Waals surface area (Å²) in [5.74, 6) is 1.29. The maximum Gasteiger partial charge on any atom is 0.230 e. The summed E-state index contributed by atoms with van der Waals surface area (Å²) in [6, 6.07) is 17.0. The number of anilines is 1. The number of benzene rings is 2. The van der Waals surface area contributed by atoms with Crippen LogP contribution >= 0.6 is 0 Å². The van der Waals surface area contributed by atoms with Crippen LogP contribution in [0.15, 0.2) is 59.1 Å². The van der Waals surface area contributed by atoms with Crippen LogP contribution in [-0.2, 0) is 11.2 Å². The van der Waals surface area contributed by atoms with Gasteiger partial charge in [-0.05, 0) is 38.1 Å². The normalized spacial score (nSPS) is 10.5.